The van der Waals surface area contributed by atoms with E-state index in [-0.39, 0.29) is 6.04 Å². The zero-order valence-corrected chi connectivity index (χ0v) is 10.8. The van der Waals surface area contributed by atoms with Crippen LogP contribution in [0.2, 0.25) is 0 Å². The van der Waals surface area contributed by atoms with Crippen molar-refractivity contribution in [2.24, 2.45) is 5.73 Å². The summed E-state index contributed by atoms with van der Waals surface area (Å²) in [5.41, 5.74) is 11.0. The molecule has 1 atom stereocenters. The molecule has 0 bridgehead atoms. The molecule has 2 aromatic rings. The number of hydrogen-bond donors (Lipinski definition) is 4. The smallest absolute Gasteiger partial charge is 0.130 e. The van der Waals surface area contributed by atoms with Crippen molar-refractivity contribution < 1.29 is 5.21 Å². The second kappa shape index (κ2) is 6.29. The van der Waals surface area contributed by atoms with E-state index in [0.29, 0.717) is 6.54 Å². The van der Waals surface area contributed by atoms with E-state index in [1.165, 1.54) is 5.56 Å². The number of hydroxylamine groups is 1. The molecule has 19 heavy (non-hydrogen) atoms. The maximum absolute atomic E-state index is 8.61. The van der Waals surface area contributed by atoms with E-state index in [1.807, 2.05) is 43.3 Å². The van der Waals surface area contributed by atoms with Gasteiger partial charge in [-0.15, -0.1) is 0 Å². The Morgan fingerprint density at radius 3 is 2.53 bits per heavy atom. The first kappa shape index (κ1) is 13.5. The van der Waals surface area contributed by atoms with E-state index in [1.54, 1.807) is 6.20 Å². The standard InChI is InChI=1S/C14H18N4O/c1-10-2-5-12(6-3-10)18-14-7-4-11(8-16-14)13(15)9-17-19/h2-8,13,17,19H,9,15H2,1H3,(H,16,18). The van der Waals surface area contributed by atoms with Crippen molar-refractivity contribution in [3.63, 3.8) is 0 Å². The van der Waals surface area contributed by atoms with E-state index in [0.717, 1.165) is 17.1 Å². The number of nitrogens with one attached hydrogen (secondary N) is 2. The van der Waals surface area contributed by atoms with E-state index < -0.39 is 0 Å². The molecule has 0 radical (unpaired) electrons. The predicted octanol–water partition coefficient (Wildman–Crippen LogP) is 2.11. The maximum Gasteiger partial charge on any atom is 0.130 e. The Bertz CT molecular complexity index is 510. The third kappa shape index (κ3) is 3.75. The Morgan fingerprint density at radius 1 is 1.21 bits per heavy atom. The van der Waals surface area contributed by atoms with Crippen LogP contribution in [0.1, 0.15) is 17.2 Å². The Morgan fingerprint density at radius 2 is 1.95 bits per heavy atom. The highest BCUT2D eigenvalue weighted by Gasteiger charge is 2.05. The second-order valence-corrected chi connectivity index (χ2v) is 4.44. The summed E-state index contributed by atoms with van der Waals surface area (Å²) < 4.78 is 0. The molecular formula is C14H18N4O. The Labute approximate surface area is 112 Å². The van der Waals surface area contributed by atoms with Crippen molar-refractivity contribution >= 4 is 11.5 Å². The van der Waals surface area contributed by atoms with Gasteiger partial charge in [-0.1, -0.05) is 23.8 Å². The summed E-state index contributed by atoms with van der Waals surface area (Å²) in [6, 6.07) is 11.6. The predicted molar refractivity (Wildman–Crippen MR) is 75.4 cm³/mol. The summed E-state index contributed by atoms with van der Waals surface area (Å²) in [4.78, 5) is 4.30. The molecule has 5 nitrogen and oxygen atoms in total. The van der Waals surface area contributed by atoms with Crippen LogP contribution in [-0.4, -0.2) is 16.7 Å². The average molecular weight is 258 g/mol. The van der Waals surface area contributed by atoms with Crippen LogP contribution in [0.5, 0.6) is 0 Å². The highest BCUT2D eigenvalue weighted by atomic mass is 16.5. The number of pyridine rings is 1. The van der Waals surface area contributed by atoms with E-state index in [4.69, 9.17) is 10.9 Å². The summed E-state index contributed by atoms with van der Waals surface area (Å²) in [6.45, 7) is 2.35. The van der Waals surface area contributed by atoms with Gasteiger partial charge in [-0.25, -0.2) is 10.5 Å². The maximum atomic E-state index is 8.61. The molecule has 5 heteroatoms. The van der Waals surface area contributed by atoms with Crippen LogP contribution in [0.15, 0.2) is 42.6 Å². The fourth-order valence-corrected chi connectivity index (χ4v) is 1.70. The monoisotopic (exact) mass is 258 g/mol. The molecule has 0 spiro atoms. The minimum Gasteiger partial charge on any atom is -0.340 e. The first-order chi connectivity index (χ1) is 9.19. The van der Waals surface area contributed by atoms with E-state index >= 15 is 0 Å². The number of nitrogens with two attached hydrogens (primary N) is 1. The molecule has 1 unspecified atom stereocenters. The van der Waals surface area contributed by atoms with Gasteiger partial charge in [0.15, 0.2) is 0 Å². The number of aromatic nitrogens is 1. The van der Waals surface area contributed by atoms with Crippen molar-refractivity contribution in [3.05, 3.63) is 53.7 Å². The van der Waals surface area contributed by atoms with Gasteiger partial charge in [0.2, 0.25) is 0 Å². The van der Waals surface area contributed by atoms with Crippen LogP contribution in [0.25, 0.3) is 0 Å². The van der Waals surface area contributed by atoms with Crippen LogP contribution in [0.3, 0.4) is 0 Å². The Kier molecular flexibility index (Phi) is 4.46. The van der Waals surface area contributed by atoms with Gasteiger partial charge < -0.3 is 16.3 Å². The van der Waals surface area contributed by atoms with Gasteiger partial charge in [0.1, 0.15) is 5.82 Å². The molecular weight excluding hydrogens is 240 g/mol. The zero-order chi connectivity index (χ0) is 13.7. The van der Waals surface area contributed by atoms with Crippen molar-refractivity contribution in [1.29, 1.82) is 0 Å². The summed E-state index contributed by atoms with van der Waals surface area (Å²) >= 11 is 0. The molecule has 2 rings (SSSR count). The summed E-state index contributed by atoms with van der Waals surface area (Å²) in [5, 5.41) is 11.8. The minimum absolute atomic E-state index is 0.272. The highest BCUT2D eigenvalue weighted by Crippen LogP contribution is 2.16. The third-order valence-electron chi connectivity index (χ3n) is 2.85. The largest absolute Gasteiger partial charge is 0.340 e. The molecule has 1 heterocycles. The van der Waals surface area contributed by atoms with Gasteiger partial charge >= 0.3 is 0 Å². The van der Waals surface area contributed by atoms with Crippen LogP contribution >= 0.6 is 0 Å². The molecule has 0 aliphatic heterocycles. The van der Waals surface area contributed by atoms with Crippen molar-refractivity contribution in [2.45, 2.75) is 13.0 Å². The fourth-order valence-electron chi connectivity index (χ4n) is 1.70. The Hall–Kier alpha value is -1.95. The van der Waals surface area contributed by atoms with Gasteiger partial charge in [-0.05, 0) is 30.7 Å². The molecule has 0 fully saturated rings. The van der Waals surface area contributed by atoms with Crippen molar-refractivity contribution in [3.8, 4) is 0 Å². The molecule has 0 amide bonds. The summed E-state index contributed by atoms with van der Waals surface area (Å²) in [5.74, 6) is 0.761. The van der Waals surface area contributed by atoms with Crippen molar-refractivity contribution in [2.75, 3.05) is 11.9 Å². The third-order valence-corrected chi connectivity index (χ3v) is 2.85. The summed E-state index contributed by atoms with van der Waals surface area (Å²) in [6.07, 6.45) is 1.71. The van der Waals surface area contributed by atoms with Gasteiger partial charge in [0.25, 0.3) is 0 Å². The zero-order valence-electron chi connectivity index (χ0n) is 10.8. The van der Waals surface area contributed by atoms with Gasteiger partial charge in [0.05, 0.1) is 0 Å². The van der Waals surface area contributed by atoms with Crippen LogP contribution in [0, 0.1) is 6.92 Å². The van der Waals surface area contributed by atoms with Crippen LogP contribution in [0.4, 0.5) is 11.5 Å². The average Bonchev–Trinajstić information content (AvgIpc) is 2.42. The fraction of sp³-hybridized carbons (Fsp3) is 0.214. The number of anilines is 2. The number of hydrogen-bond acceptors (Lipinski definition) is 5. The lowest BCUT2D eigenvalue weighted by atomic mass is 10.1. The molecule has 1 aromatic heterocycles. The van der Waals surface area contributed by atoms with Crippen LogP contribution in [-0.2, 0) is 0 Å². The molecule has 5 N–H and O–H groups in total. The number of aryl methyl sites for hydroxylation is 1. The first-order valence-corrected chi connectivity index (χ1v) is 6.11. The van der Waals surface area contributed by atoms with Crippen molar-refractivity contribution in [1.82, 2.24) is 10.5 Å². The highest BCUT2D eigenvalue weighted by molar-refractivity contribution is 5.56. The van der Waals surface area contributed by atoms with Gasteiger partial charge in [-0.3, -0.25) is 0 Å². The quantitative estimate of drug-likeness (QED) is 0.617. The SMILES string of the molecule is Cc1ccc(Nc2ccc(C(N)CNO)cn2)cc1. The molecule has 100 valence electrons. The first-order valence-electron chi connectivity index (χ1n) is 6.11. The van der Waals surface area contributed by atoms with Crippen LogP contribution < -0.4 is 16.5 Å². The molecule has 1 aromatic carbocycles. The number of benzene rings is 1. The second-order valence-electron chi connectivity index (χ2n) is 4.44. The summed E-state index contributed by atoms with van der Waals surface area (Å²) in [7, 11) is 0. The lowest BCUT2D eigenvalue weighted by Crippen LogP contribution is -2.24. The minimum atomic E-state index is -0.272. The van der Waals surface area contributed by atoms with Gasteiger partial charge in [-0.2, -0.15) is 0 Å². The Balaban J connectivity index is 2.04. The van der Waals surface area contributed by atoms with Gasteiger partial charge in [0, 0.05) is 24.5 Å². The normalized spacial score (nSPS) is 12.2. The number of nitrogens with zero attached hydrogens (tertiary/aromatic N) is 1. The van der Waals surface area contributed by atoms with E-state index in [9.17, 15) is 0 Å². The molecule has 0 aliphatic rings. The lowest BCUT2D eigenvalue weighted by Gasteiger charge is -2.11. The lowest BCUT2D eigenvalue weighted by molar-refractivity contribution is 0.160. The van der Waals surface area contributed by atoms with E-state index in [2.05, 4.69) is 15.8 Å². The molecule has 0 aliphatic carbocycles. The molecule has 0 saturated heterocycles. The number of rotatable bonds is 5. The molecule has 0 saturated carbocycles. The topological polar surface area (TPSA) is 83.2 Å².